The van der Waals surface area contributed by atoms with E-state index in [1.54, 1.807) is 0 Å². The maximum absolute atomic E-state index is 7.05. The summed E-state index contributed by atoms with van der Waals surface area (Å²) in [6.45, 7) is 14.3. The molecule has 0 aromatic heterocycles. The summed E-state index contributed by atoms with van der Waals surface area (Å²) in [6, 6.07) is 0. The second kappa shape index (κ2) is 6.28. The molecule has 4 nitrogen and oxygen atoms in total. The fourth-order valence-corrected chi connectivity index (χ4v) is 7.28. The van der Waals surface area contributed by atoms with Crippen molar-refractivity contribution in [2.75, 3.05) is 19.8 Å². The minimum absolute atomic E-state index is 0.138. The SMILES string of the molecule is CC(C)(C)[Si](C)(C)O[C@H]1CC[C@]2(CCCO2)[C@@]2(CCCO2)[C@]12CCCO2. The number of rotatable bonds is 2. The summed E-state index contributed by atoms with van der Waals surface area (Å²) < 4.78 is 26.9. The van der Waals surface area contributed by atoms with E-state index in [1.165, 1.54) is 0 Å². The van der Waals surface area contributed by atoms with E-state index in [-0.39, 0.29) is 27.9 Å². The quantitative estimate of drug-likeness (QED) is 0.642. The molecule has 0 amide bonds. The molecular formula is C21H38O4Si. The highest BCUT2D eigenvalue weighted by molar-refractivity contribution is 6.74. The molecule has 4 atom stereocenters. The largest absolute Gasteiger partial charge is 0.411 e. The average molecular weight is 383 g/mol. The second-order valence-corrected chi connectivity index (χ2v) is 15.2. The Morgan fingerprint density at radius 3 is 2.04 bits per heavy atom. The third-order valence-electron chi connectivity index (χ3n) is 8.17. The standard InChI is InChI=1S/C21H38O4Si/c1-18(2,3)26(4,5)25-17-9-13-19(10-6-14-22-19)21(12-8-16-24-21)20(17)11-7-15-23-20/h17H,6-16H2,1-5H3/t17-,19+,20-,21-/m0/s1. The van der Waals surface area contributed by atoms with E-state index in [0.29, 0.717) is 0 Å². The van der Waals surface area contributed by atoms with Crippen LogP contribution in [0.1, 0.15) is 72.1 Å². The number of hydrogen-bond donors (Lipinski definition) is 0. The summed E-state index contributed by atoms with van der Waals surface area (Å²) in [5, 5.41) is 0.204. The van der Waals surface area contributed by atoms with Crippen molar-refractivity contribution in [2.24, 2.45) is 0 Å². The van der Waals surface area contributed by atoms with E-state index in [1.807, 2.05) is 0 Å². The van der Waals surface area contributed by atoms with Crippen molar-refractivity contribution in [3.8, 4) is 0 Å². The van der Waals surface area contributed by atoms with Crippen LogP contribution in [-0.2, 0) is 18.6 Å². The fourth-order valence-electron chi connectivity index (χ4n) is 5.91. The van der Waals surface area contributed by atoms with Crippen LogP contribution in [0.2, 0.25) is 18.1 Å². The van der Waals surface area contributed by atoms with E-state index in [9.17, 15) is 0 Å². The summed E-state index contributed by atoms with van der Waals surface area (Å²) >= 11 is 0. The van der Waals surface area contributed by atoms with Gasteiger partial charge >= 0.3 is 0 Å². The molecule has 4 rings (SSSR count). The van der Waals surface area contributed by atoms with Crippen molar-refractivity contribution in [1.82, 2.24) is 0 Å². The van der Waals surface area contributed by atoms with Gasteiger partial charge in [-0.1, -0.05) is 20.8 Å². The lowest BCUT2D eigenvalue weighted by molar-refractivity contribution is -0.301. The Balaban J connectivity index is 1.74. The minimum atomic E-state index is -1.88. The molecule has 4 aliphatic rings. The summed E-state index contributed by atoms with van der Waals surface area (Å²) in [5.41, 5.74) is -0.777. The molecule has 1 aliphatic carbocycles. The van der Waals surface area contributed by atoms with Gasteiger partial charge in [-0.05, 0) is 69.5 Å². The zero-order valence-electron chi connectivity index (χ0n) is 17.5. The third-order valence-corrected chi connectivity index (χ3v) is 12.7. The van der Waals surface area contributed by atoms with Crippen LogP contribution in [0.25, 0.3) is 0 Å². The van der Waals surface area contributed by atoms with Gasteiger partial charge in [0.2, 0.25) is 0 Å². The van der Waals surface area contributed by atoms with E-state index < -0.39 is 8.32 Å². The highest BCUT2D eigenvalue weighted by Gasteiger charge is 2.73. The van der Waals surface area contributed by atoms with Gasteiger partial charge in [0.05, 0.1) is 6.10 Å². The molecule has 3 spiro atoms. The lowest BCUT2D eigenvalue weighted by Crippen LogP contribution is -2.75. The molecule has 0 bridgehead atoms. The Hall–Kier alpha value is 0.0569. The molecule has 4 fully saturated rings. The molecule has 0 aromatic rings. The van der Waals surface area contributed by atoms with Crippen LogP contribution in [0, 0.1) is 0 Å². The van der Waals surface area contributed by atoms with Gasteiger partial charge in [-0.15, -0.1) is 0 Å². The van der Waals surface area contributed by atoms with Gasteiger partial charge in [-0.25, -0.2) is 0 Å². The Bertz CT molecular complexity index is 521. The Kier molecular flexibility index (Phi) is 4.68. The average Bonchev–Trinajstić information content (AvgIpc) is 3.28. The van der Waals surface area contributed by atoms with Crippen LogP contribution in [-0.4, -0.2) is 51.0 Å². The highest BCUT2D eigenvalue weighted by Crippen LogP contribution is 2.62. The van der Waals surface area contributed by atoms with Gasteiger partial charge < -0.3 is 18.6 Å². The molecule has 26 heavy (non-hydrogen) atoms. The summed E-state index contributed by atoms with van der Waals surface area (Å²) in [6.07, 6.45) is 8.83. The first-order valence-electron chi connectivity index (χ1n) is 10.8. The molecule has 5 heteroatoms. The third kappa shape index (κ3) is 2.53. The molecular weight excluding hydrogens is 344 g/mol. The Labute approximate surface area is 160 Å². The van der Waals surface area contributed by atoms with Crippen LogP contribution < -0.4 is 0 Å². The Morgan fingerprint density at radius 2 is 1.50 bits per heavy atom. The zero-order valence-corrected chi connectivity index (χ0v) is 18.5. The minimum Gasteiger partial charge on any atom is -0.411 e. The molecule has 3 heterocycles. The fraction of sp³-hybridized carbons (Fsp3) is 1.00. The zero-order chi connectivity index (χ0) is 18.7. The van der Waals surface area contributed by atoms with Gasteiger partial charge in [0, 0.05) is 19.8 Å². The highest BCUT2D eigenvalue weighted by atomic mass is 28.4. The molecule has 0 radical (unpaired) electrons. The Morgan fingerprint density at radius 1 is 0.846 bits per heavy atom. The van der Waals surface area contributed by atoms with Crippen molar-refractivity contribution >= 4 is 8.32 Å². The maximum Gasteiger partial charge on any atom is 0.192 e. The summed E-state index contributed by atoms with van der Waals surface area (Å²) in [4.78, 5) is 0. The predicted octanol–water partition coefficient (Wildman–Crippen LogP) is 4.82. The number of fused-ring (bicyclic) bond motifs is 2. The molecule has 0 unspecified atom stereocenters. The van der Waals surface area contributed by atoms with Crippen molar-refractivity contribution in [2.45, 2.75) is 113 Å². The normalized spacial score (nSPS) is 44.0. The number of ether oxygens (including phenoxy) is 3. The molecule has 150 valence electrons. The second-order valence-electron chi connectivity index (χ2n) is 10.5. The number of hydrogen-bond acceptors (Lipinski definition) is 4. The molecule has 0 aromatic carbocycles. The molecule has 1 saturated carbocycles. The predicted molar refractivity (Wildman–Crippen MR) is 105 cm³/mol. The topological polar surface area (TPSA) is 36.9 Å². The van der Waals surface area contributed by atoms with E-state index >= 15 is 0 Å². The summed E-state index contributed by atoms with van der Waals surface area (Å²) in [7, 11) is -1.88. The van der Waals surface area contributed by atoms with E-state index in [2.05, 4.69) is 33.9 Å². The van der Waals surface area contributed by atoms with Crippen LogP contribution in [0.4, 0.5) is 0 Å². The molecule has 3 aliphatic heterocycles. The van der Waals surface area contributed by atoms with E-state index in [4.69, 9.17) is 18.6 Å². The van der Waals surface area contributed by atoms with Gasteiger partial charge in [-0.3, -0.25) is 0 Å². The van der Waals surface area contributed by atoms with Crippen molar-refractivity contribution in [1.29, 1.82) is 0 Å². The van der Waals surface area contributed by atoms with Crippen molar-refractivity contribution < 1.29 is 18.6 Å². The lowest BCUT2D eigenvalue weighted by Gasteiger charge is -2.61. The lowest BCUT2D eigenvalue weighted by atomic mass is 9.58. The van der Waals surface area contributed by atoms with Gasteiger partial charge in [0.25, 0.3) is 0 Å². The summed E-state index contributed by atoms with van der Waals surface area (Å²) in [5.74, 6) is 0. The maximum atomic E-state index is 7.05. The first kappa shape index (κ1) is 19.4. The van der Waals surface area contributed by atoms with Gasteiger partial charge in [-0.2, -0.15) is 0 Å². The monoisotopic (exact) mass is 382 g/mol. The molecule has 0 N–H and O–H groups in total. The van der Waals surface area contributed by atoms with Gasteiger partial charge in [0.15, 0.2) is 8.32 Å². The van der Waals surface area contributed by atoms with Crippen LogP contribution in [0.5, 0.6) is 0 Å². The van der Waals surface area contributed by atoms with Crippen LogP contribution >= 0.6 is 0 Å². The van der Waals surface area contributed by atoms with Crippen molar-refractivity contribution in [3.05, 3.63) is 0 Å². The van der Waals surface area contributed by atoms with Crippen LogP contribution in [0.3, 0.4) is 0 Å². The van der Waals surface area contributed by atoms with Crippen LogP contribution in [0.15, 0.2) is 0 Å². The first-order chi connectivity index (χ1) is 12.2. The van der Waals surface area contributed by atoms with Gasteiger partial charge in [0.1, 0.15) is 16.8 Å². The molecule has 3 saturated heterocycles. The van der Waals surface area contributed by atoms with E-state index in [0.717, 1.165) is 71.2 Å². The first-order valence-corrected chi connectivity index (χ1v) is 13.7. The van der Waals surface area contributed by atoms with Crippen molar-refractivity contribution in [3.63, 3.8) is 0 Å². The smallest absolute Gasteiger partial charge is 0.192 e.